The molecule has 182 valence electrons. The van der Waals surface area contributed by atoms with E-state index in [4.69, 9.17) is 14.3 Å². The van der Waals surface area contributed by atoms with Crippen molar-refractivity contribution >= 4 is 45.8 Å². The number of nitrogens with zero attached hydrogens (tertiary/aromatic N) is 4. The zero-order valence-electron chi connectivity index (χ0n) is 19.4. The highest BCUT2D eigenvalue weighted by Gasteiger charge is 2.15. The van der Waals surface area contributed by atoms with E-state index in [0.717, 1.165) is 31.0 Å². The number of aryl methyl sites for hydroxylation is 1. The smallest absolute Gasteiger partial charge is 0.302 e. The Bertz CT molecular complexity index is 1390. The van der Waals surface area contributed by atoms with Crippen molar-refractivity contribution < 1.29 is 19.1 Å². The first kappa shape index (κ1) is 22.7. The molecule has 1 aliphatic rings. The second-order valence-electron chi connectivity index (χ2n) is 8.15. The standard InChI is InChI=1S/C24H27N7O4/c1-31-19-7-4-15(20(33)3-2-8-25-22-26-9-10-27-22)13-18(19)28-23(31)30-24-29-17-6-5-16(34-12-11-32)14-21(17)35-24/h4-7,13-14,32H,2-3,8-12H2,1H3,(H2,25,26,27)(H,28,29,30). The van der Waals surface area contributed by atoms with Crippen molar-refractivity contribution in [3.05, 3.63) is 42.0 Å². The topological polar surface area (TPSA) is 139 Å². The van der Waals surface area contributed by atoms with Gasteiger partial charge in [0.2, 0.25) is 5.95 Å². The number of aliphatic hydroxyl groups excluding tert-OH is 1. The predicted octanol–water partition coefficient (Wildman–Crippen LogP) is 2.34. The van der Waals surface area contributed by atoms with Crippen molar-refractivity contribution in [3.8, 4) is 5.75 Å². The van der Waals surface area contributed by atoms with Crippen molar-refractivity contribution in [1.29, 1.82) is 0 Å². The van der Waals surface area contributed by atoms with Crippen molar-refractivity contribution in [2.24, 2.45) is 12.0 Å². The maximum Gasteiger partial charge on any atom is 0.302 e. The number of nitrogens with one attached hydrogen (secondary N) is 3. The number of hydrogen-bond acceptors (Lipinski definition) is 10. The van der Waals surface area contributed by atoms with E-state index in [1.165, 1.54) is 0 Å². The lowest BCUT2D eigenvalue weighted by Crippen LogP contribution is -2.34. The van der Waals surface area contributed by atoms with Crippen molar-refractivity contribution in [2.45, 2.75) is 12.8 Å². The number of hydrogen-bond donors (Lipinski definition) is 4. The lowest BCUT2D eigenvalue weighted by atomic mass is 10.1. The molecule has 0 saturated heterocycles. The number of aromatic nitrogens is 3. The molecule has 0 aliphatic carbocycles. The lowest BCUT2D eigenvalue weighted by Gasteiger charge is -2.06. The van der Waals surface area contributed by atoms with E-state index >= 15 is 0 Å². The lowest BCUT2D eigenvalue weighted by molar-refractivity contribution is 0.0980. The molecule has 35 heavy (non-hydrogen) atoms. The van der Waals surface area contributed by atoms with E-state index in [9.17, 15) is 4.79 Å². The molecule has 0 spiro atoms. The second kappa shape index (κ2) is 10.0. The number of anilines is 2. The van der Waals surface area contributed by atoms with Crippen LogP contribution in [0, 0.1) is 0 Å². The third-order valence-corrected chi connectivity index (χ3v) is 5.69. The molecule has 11 heteroatoms. The molecule has 0 bridgehead atoms. The van der Waals surface area contributed by atoms with Crippen LogP contribution in [0.1, 0.15) is 23.2 Å². The predicted molar refractivity (Wildman–Crippen MR) is 132 cm³/mol. The summed E-state index contributed by atoms with van der Waals surface area (Å²) in [6, 6.07) is 11.1. The maximum atomic E-state index is 12.7. The molecule has 0 saturated carbocycles. The molecular weight excluding hydrogens is 450 g/mol. The number of fused-ring (bicyclic) bond motifs is 2. The summed E-state index contributed by atoms with van der Waals surface area (Å²) in [5, 5.41) is 18.4. The SMILES string of the molecule is Cn1c(Nc2nc3ccc(OCCO)cc3o2)nc2cc(C(=O)CCCNC3=NCCN3)ccc21. The van der Waals surface area contributed by atoms with Gasteiger partial charge in [0.15, 0.2) is 17.3 Å². The molecule has 4 N–H and O–H groups in total. The third-order valence-electron chi connectivity index (χ3n) is 5.69. The highest BCUT2D eigenvalue weighted by Crippen LogP contribution is 2.27. The summed E-state index contributed by atoms with van der Waals surface area (Å²) in [4.78, 5) is 26.1. The monoisotopic (exact) mass is 477 g/mol. The number of carbonyl (C=O) groups is 1. The first-order valence-electron chi connectivity index (χ1n) is 11.5. The number of ether oxygens (including phenoxy) is 1. The van der Waals surface area contributed by atoms with Crippen LogP contribution in [0.15, 0.2) is 45.8 Å². The van der Waals surface area contributed by atoms with Crippen LogP contribution in [-0.2, 0) is 7.05 Å². The van der Waals surface area contributed by atoms with Gasteiger partial charge < -0.3 is 29.5 Å². The van der Waals surface area contributed by atoms with Crippen LogP contribution < -0.4 is 20.7 Å². The van der Waals surface area contributed by atoms with Gasteiger partial charge in [0.1, 0.15) is 17.9 Å². The molecule has 0 atom stereocenters. The number of Topliss-reactive ketones (excluding diaryl/α,β-unsaturated/α-hetero) is 1. The van der Waals surface area contributed by atoms with Gasteiger partial charge >= 0.3 is 6.01 Å². The third kappa shape index (κ3) is 5.04. The summed E-state index contributed by atoms with van der Waals surface area (Å²) in [6.07, 6.45) is 1.16. The Morgan fingerprint density at radius 3 is 2.97 bits per heavy atom. The van der Waals surface area contributed by atoms with Gasteiger partial charge in [0.05, 0.1) is 24.2 Å². The van der Waals surface area contributed by atoms with Gasteiger partial charge in [-0.3, -0.25) is 15.1 Å². The summed E-state index contributed by atoms with van der Waals surface area (Å²) < 4.78 is 13.1. The summed E-state index contributed by atoms with van der Waals surface area (Å²) in [6.45, 7) is 2.48. The van der Waals surface area contributed by atoms with Crippen LogP contribution in [-0.4, -0.2) is 64.2 Å². The Hall–Kier alpha value is -4.12. The summed E-state index contributed by atoms with van der Waals surface area (Å²) >= 11 is 0. The molecule has 0 amide bonds. The Labute approximate surface area is 201 Å². The fourth-order valence-corrected chi connectivity index (χ4v) is 3.91. The van der Waals surface area contributed by atoms with Gasteiger partial charge in [-0.25, -0.2) is 4.98 Å². The highest BCUT2D eigenvalue weighted by atomic mass is 16.5. The van der Waals surface area contributed by atoms with Gasteiger partial charge in [-0.05, 0) is 36.8 Å². The average molecular weight is 478 g/mol. The number of benzene rings is 2. The minimum atomic E-state index is -0.0631. The number of oxazole rings is 1. The largest absolute Gasteiger partial charge is 0.491 e. The van der Waals surface area contributed by atoms with Crippen molar-refractivity contribution in [2.75, 3.05) is 38.2 Å². The Kier molecular flexibility index (Phi) is 6.49. The first-order chi connectivity index (χ1) is 17.1. The first-order valence-corrected chi connectivity index (χ1v) is 11.5. The molecule has 0 fully saturated rings. The molecule has 4 aromatic rings. The molecule has 2 aromatic heterocycles. The number of rotatable bonds is 10. The van der Waals surface area contributed by atoms with Gasteiger partial charge in [-0.1, -0.05) is 0 Å². The molecule has 1 aliphatic heterocycles. The number of aliphatic imine (C=N–C) groups is 1. The number of imidazole rings is 1. The quantitative estimate of drug-likeness (QED) is 0.200. The molecule has 2 aromatic carbocycles. The van der Waals surface area contributed by atoms with Crippen molar-refractivity contribution in [1.82, 2.24) is 25.2 Å². The maximum absolute atomic E-state index is 12.7. The zero-order chi connectivity index (χ0) is 24.2. The fourth-order valence-electron chi connectivity index (χ4n) is 3.91. The fraction of sp³-hybridized carbons (Fsp3) is 0.333. The summed E-state index contributed by atoms with van der Waals surface area (Å²) in [5.41, 5.74) is 3.45. The molecule has 3 heterocycles. The van der Waals surface area contributed by atoms with Crippen LogP contribution >= 0.6 is 0 Å². The van der Waals surface area contributed by atoms with E-state index in [1.807, 2.05) is 29.8 Å². The Balaban J connectivity index is 1.26. The Morgan fingerprint density at radius 1 is 1.23 bits per heavy atom. The second-order valence-corrected chi connectivity index (χ2v) is 8.15. The number of aliphatic hydroxyl groups is 1. The molecule has 0 unspecified atom stereocenters. The molecule has 5 rings (SSSR count). The van der Waals surface area contributed by atoms with Crippen LogP contribution in [0.4, 0.5) is 12.0 Å². The van der Waals surface area contributed by atoms with Crippen molar-refractivity contribution in [3.63, 3.8) is 0 Å². The van der Waals surface area contributed by atoms with Gasteiger partial charge in [-0.2, -0.15) is 4.98 Å². The van der Waals surface area contributed by atoms with E-state index in [2.05, 4.69) is 30.9 Å². The average Bonchev–Trinajstić information content (AvgIpc) is 3.59. The summed E-state index contributed by atoms with van der Waals surface area (Å²) in [5.74, 6) is 2.02. The minimum Gasteiger partial charge on any atom is -0.491 e. The molecule has 0 radical (unpaired) electrons. The normalized spacial score (nSPS) is 13.1. The molecular formula is C24H27N7O4. The van der Waals surface area contributed by atoms with Crippen LogP contribution in [0.2, 0.25) is 0 Å². The van der Waals surface area contributed by atoms with Gasteiger partial charge in [-0.15, -0.1) is 0 Å². The summed E-state index contributed by atoms with van der Waals surface area (Å²) in [7, 11) is 1.88. The Morgan fingerprint density at radius 2 is 2.14 bits per heavy atom. The van der Waals surface area contributed by atoms with E-state index < -0.39 is 0 Å². The highest BCUT2D eigenvalue weighted by molar-refractivity contribution is 5.99. The van der Waals surface area contributed by atoms with E-state index in [1.54, 1.807) is 18.2 Å². The van der Waals surface area contributed by atoms with Crippen LogP contribution in [0.5, 0.6) is 5.75 Å². The van der Waals surface area contributed by atoms with Crippen LogP contribution in [0.3, 0.4) is 0 Å². The van der Waals surface area contributed by atoms with Gasteiger partial charge in [0.25, 0.3) is 0 Å². The van der Waals surface area contributed by atoms with E-state index in [0.29, 0.717) is 52.9 Å². The van der Waals surface area contributed by atoms with Gasteiger partial charge in [0, 0.05) is 38.2 Å². The molecule has 11 nitrogen and oxygen atoms in total. The minimum absolute atomic E-state index is 0.0631. The van der Waals surface area contributed by atoms with E-state index in [-0.39, 0.29) is 19.0 Å². The number of ketones is 1. The van der Waals surface area contributed by atoms with Crippen LogP contribution in [0.25, 0.3) is 22.1 Å². The number of guanidine groups is 1. The zero-order valence-corrected chi connectivity index (χ0v) is 19.4. The number of carbonyl (C=O) groups excluding carboxylic acids is 1.